The lowest BCUT2D eigenvalue weighted by atomic mass is 10.0. The van der Waals surface area contributed by atoms with Gasteiger partial charge in [0.15, 0.2) is 0 Å². The molecule has 1 N–H and O–H groups in total. The monoisotopic (exact) mass is 277 g/mol. The highest BCUT2D eigenvalue weighted by molar-refractivity contribution is 5.88. The fourth-order valence-corrected chi connectivity index (χ4v) is 2.53. The smallest absolute Gasteiger partial charge is 0.414 e. The Bertz CT molecular complexity index is 517. The minimum Gasteiger partial charge on any atom is -0.443 e. The molecular weight excluding hydrogens is 254 g/mol. The van der Waals surface area contributed by atoms with Crippen LogP contribution < -0.4 is 4.90 Å². The zero-order valence-electron chi connectivity index (χ0n) is 12.7. The summed E-state index contributed by atoms with van der Waals surface area (Å²) in [6, 6.07) is 4.02. The highest BCUT2D eigenvalue weighted by atomic mass is 16.6. The van der Waals surface area contributed by atoms with E-state index >= 15 is 0 Å². The molecule has 1 aliphatic carbocycles. The topological polar surface area (TPSA) is 49.8 Å². The van der Waals surface area contributed by atoms with E-state index in [0.717, 1.165) is 30.5 Å². The number of carbonyl (C=O) groups excluding carboxylic acids is 1. The van der Waals surface area contributed by atoms with Crippen LogP contribution in [-0.4, -0.2) is 23.8 Å². The maximum atomic E-state index is 12.1. The second-order valence-corrected chi connectivity index (χ2v) is 6.30. The van der Waals surface area contributed by atoms with Gasteiger partial charge in [-0.2, -0.15) is 0 Å². The molecule has 0 atom stereocenters. The van der Waals surface area contributed by atoms with Crippen molar-refractivity contribution in [3.63, 3.8) is 0 Å². The van der Waals surface area contributed by atoms with Crippen LogP contribution in [0.3, 0.4) is 0 Å². The lowest BCUT2D eigenvalue weighted by Crippen LogP contribution is -2.34. The molecule has 0 bridgehead atoms. The second kappa shape index (κ2) is 5.44. The van der Waals surface area contributed by atoms with E-state index in [1.165, 1.54) is 16.0 Å². The first-order chi connectivity index (χ1) is 9.31. The van der Waals surface area contributed by atoms with E-state index in [0.29, 0.717) is 0 Å². The summed E-state index contributed by atoms with van der Waals surface area (Å²) in [4.78, 5) is 13.6. The molecule has 0 unspecified atom stereocenters. The van der Waals surface area contributed by atoms with Gasteiger partial charge in [-0.05, 0) is 57.2 Å². The predicted octanol–water partition coefficient (Wildman–Crippen LogP) is 3.04. The van der Waals surface area contributed by atoms with Gasteiger partial charge in [0.25, 0.3) is 0 Å². The van der Waals surface area contributed by atoms with Crippen molar-refractivity contribution in [1.82, 2.24) is 0 Å². The maximum Gasteiger partial charge on any atom is 0.414 e. The first-order valence-corrected chi connectivity index (χ1v) is 7.04. The normalized spacial score (nSPS) is 14.1. The van der Waals surface area contributed by atoms with Gasteiger partial charge in [0, 0.05) is 12.6 Å². The molecule has 1 amide bonds. The number of ether oxygens (including phenoxy) is 1. The molecule has 4 heteroatoms. The number of benzene rings is 1. The molecule has 1 aromatic carbocycles. The number of amides is 1. The molecule has 1 aliphatic rings. The summed E-state index contributed by atoms with van der Waals surface area (Å²) in [5.74, 6) is 0. The molecule has 0 aliphatic heterocycles. The van der Waals surface area contributed by atoms with Crippen molar-refractivity contribution in [1.29, 1.82) is 0 Å². The quantitative estimate of drug-likeness (QED) is 0.904. The van der Waals surface area contributed by atoms with Gasteiger partial charge in [-0.1, -0.05) is 6.07 Å². The zero-order valence-corrected chi connectivity index (χ0v) is 12.7. The van der Waals surface area contributed by atoms with E-state index in [1.807, 2.05) is 32.9 Å². The molecule has 0 aromatic heterocycles. The number of anilines is 1. The van der Waals surface area contributed by atoms with Gasteiger partial charge in [-0.15, -0.1) is 0 Å². The van der Waals surface area contributed by atoms with E-state index < -0.39 is 11.7 Å². The molecule has 0 saturated heterocycles. The number of fused-ring (bicyclic) bond motifs is 1. The molecule has 4 nitrogen and oxygen atoms in total. The van der Waals surface area contributed by atoms with Crippen LogP contribution in [0.2, 0.25) is 0 Å². The molecule has 1 aromatic rings. The molecule has 0 fully saturated rings. The van der Waals surface area contributed by atoms with Crippen LogP contribution in [0.5, 0.6) is 0 Å². The number of hydrogen-bond acceptors (Lipinski definition) is 3. The molecule has 0 radical (unpaired) electrons. The predicted molar refractivity (Wildman–Crippen MR) is 79.0 cm³/mol. The third-order valence-electron chi connectivity index (χ3n) is 3.49. The average molecular weight is 277 g/mol. The van der Waals surface area contributed by atoms with E-state index in [1.54, 1.807) is 7.05 Å². The lowest BCUT2D eigenvalue weighted by molar-refractivity contribution is 0.0589. The Morgan fingerprint density at radius 2 is 1.90 bits per heavy atom. The summed E-state index contributed by atoms with van der Waals surface area (Å²) >= 11 is 0. The Hall–Kier alpha value is -1.55. The maximum absolute atomic E-state index is 12.1. The molecule has 20 heavy (non-hydrogen) atoms. The number of rotatable bonds is 2. The summed E-state index contributed by atoms with van der Waals surface area (Å²) in [6.45, 7) is 5.45. The van der Waals surface area contributed by atoms with Crippen LogP contribution in [-0.2, 0) is 24.2 Å². The van der Waals surface area contributed by atoms with E-state index in [-0.39, 0.29) is 6.61 Å². The Labute approximate surface area is 120 Å². The average Bonchev–Trinajstić information content (AvgIpc) is 2.81. The molecule has 0 saturated carbocycles. The fraction of sp³-hybridized carbons (Fsp3) is 0.562. The fourth-order valence-electron chi connectivity index (χ4n) is 2.53. The number of aliphatic hydroxyl groups is 1. The second-order valence-electron chi connectivity index (χ2n) is 6.30. The highest BCUT2D eigenvalue weighted by Gasteiger charge is 2.23. The minimum atomic E-state index is -0.526. The van der Waals surface area contributed by atoms with Crippen LogP contribution in [0.15, 0.2) is 12.1 Å². The van der Waals surface area contributed by atoms with Gasteiger partial charge < -0.3 is 9.84 Å². The largest absolute Gasteiger partial charge is 0.443 e. The van der Waals surface area contributed by atoms with Crippen molar-refractivity contribution in [2.75, 3.05) is 11.9 Å². The van der Waals surface area contributed by atoms with Crippen LogP contribution in [0.25, 0.3) is 0 Å². The van der Waals surface area contributed by atoms with E-state index in [2.05, 4.69) is 0 Å². The van der Waals surface area contributed by atoms with E-state index in [9.17, 15) is 9.90 Å². The van der Waals surface area contributed by atoms with Gasteiger partial charge in [0.1, 0.15) is 5.60 Å². The Morgan fingerprint density at radius 1 is 1.30 bits per heavy atom. The molecule has 2 rings (SSSR count). The first kappa shape index (κ1) is 14.9. The summed E-state index contributed by atoms with van der Waals surface area (Å²) in [6.07, 6.45) is 2.83. The number of hydrogen-bond donors (Lipinski definition) is 1. The van der Waals surface area contributed by atoms with Crippen molar-refractivity contribution in [2.24, 2.45) is 0 Å². The number of aliphatic hydroxyl groups excluding tert-OH is 1. The van der Waals surface area contributed by atoms with Gasteiger partial charge in [-0.3, -0.25) is 4.90 Å². The van der Waals surface area contributed by atoms with Gasteiger partial charge in [0.2, 0.25) is 0 Å². The highest BCUT2D eigenvalue weighted by Crippen LogP contribution is 2.31. The Balaban J connectivity index is 2.29. The molecule has 110 valence electrons. The number of aryl methyl sites for hydroxylation is 2. The van der Waals surface area contributed by atoms with Crippen molar-refractivity contribution >= 4 is 11.8 Å². The summed E-state index contributed by atoms with van der Waals surface area (Å²) < 4.78 is 5.38. The van der Waals surface area contributed by atoms with Crippen LogP contribution in [0.4, 0.5) is 10.5 Å². The Kier molecular flexibility index (Phi) is 4.04. The minimum absolute atomic E-state index is 0.0737. The lowest BCUT2D eigenvalue weighted by Gasteiger charge is -2.26. The standard InChI is InChI=1S/C16H23NO3/c1-16(2,3)20-15(19)17(4)14-9-12-7-5-6-11(12)8-13(14)10-18/h8-9,18H,5-7,10H2,1-4H3. The van der Waals surface area contributed by atoms with E-state index in [4.69, 9.17) is 4.74 Å². The van der Waals surface area contributed by atoms with Crippen molar-refractivity contribution in [2.45, 2.75) is 52.2 Å². The SMILES string of the molecule is CN(C(=O)OC(C)(C)C)c1cc2c(cc1CO)CCC2. The van der Waals surface area contributed by atoms with Crippen LogP contribution in [0, 0.1) is 0 Å². The molecule has 0 spiro atoms. The number of carbonyl (C=O) groups is 1. The van der Waals surface area contributed by atoms with Gasteiger partial charge in [0.05, 0.1) is 12.3 Å². The zero-order chi connectivity index (χ0) is 14.9. The first-order valence-electron chi connectivity index (χ1n) is 7.04. The molecular formula is C16H23NO3. The van der Waals surface area contributed by atoms with Crippen molar-refractivity contribution < 1.29 is 14.6 Å². The molecule has 0 heterocycles. The summed E-state index contributed by atoms with van der Waals surface area (Å²) in [5.41, 5.74) is 3.55. The van der Waals surface area contributed by atoms with Crippen LogP contribution in [0.1, 0.15) is 43.9 Å². The van der Waals surface area contributed by atoms with Crippen molar-refractivity contribution in [3.05, 3.63) is 28.8 Å². The third-order valence-corrected chi connectivity index (χ3v) is 3.49. The van der Waals surface area contributed by atoms with Gasteiger partial charge >= 0.3 is 6.09 Å². The third kappa shape index (κ3) is 3.12. The van der Waals surface area contributed by atoms with Crippen LogP contribution >= 0.6 is 0 Å². The number of nitrogens with zero attached hydrogens (tertiary/aromatic N) is 1. The van der Waals surface area contributed by atoms with Gasteiger partial charge in [-0.25, -0.2) is 4.79 Å². The Morgan fingerprint density at radius 3 is 2.45 bits per heavy atom. The summed E-state index contributed by atoms with van der Waals surface area (Å²) in [5, 5.41) is 9.53. The summed E-state index contributed by atoms with van der Waals surface area (Å²) in [7, 11) is 1.68. The van der Waals surface area contributed by atoms with Crippen molar-refractivity contribution in [3.8, 4) is 0 Å².